The Bertz CT molecular complexity index is 972. The van der Waals surface area contributed by atoms with Crippen LogP contribution < -0.4 is 4.90 Å². The van der Waals surface area contributed by atoms with Crippen LogP contribution in [-0.4, -0.2) is 15.2 Å². The zero-order valence-corrected chi connectivity index (χ0v) is 16.4. The fourth-order valence-electron chi connectivity index (χ4n) is 2.31. The van der Waals surface area contributed by atoms with E-state index in [2.05, 4.69) is 15.9 Å². The highest BCUT2D eigenvalue weighted by atomic mass is 79.9. The second kappa shape index (κ2) is 7.94. The van der Waals surface area contributed by atoms with E-state index in [-0.39, 0.29) is 11.6 Å². The van der Waals surface area contributed by atoms with Gasteiger partial charge in [-0.15, -0.1) is 0 Å². The van der Waals surface area contributed by atoms with Crippen molar-refractivity contribution in [2.75, 3.05) is 4.90 Å². The summed E-state index contributed by atoms with van der Waals surface area (Å²) in [6, 6.07) is 13.6. The van der Waals surface area contributed by atoms with Crippen LogP contribution in [0.25, 0.3) is 6.08 Å². The van der Waals surface area contributed by atoms with Crippen LogP contribution in [0.15, 0.2) is 70.1 Å². The summed E-state index contributed by atoms with van der Waals surface area (Å²) in [5.41, 5.74) is 1.29. The lowest BCUT2D eigenvalue weighted by Gasteiger charge is -2.13. The van der Waals surface area contributed by atoms with Gasteiger partial charge in [-0.05, 0) is 29.8 Å². The molecule has 1 fully saturated rings. The van der Waals surface area contributed by atoms with Crippen molar-refractivity contribution in [2.24, 2.45) is 0 Å². The highest BCUT2D eigenvalue weighted by molar-refractivity contribution is 9.10. The Morgan fingerprint density at radius 1 is 1.19 bits per heavy atom. The van der Waals surface area contributed by atoms with E-state index in [1.54, 1.807) is 18.2 Å². The second-order valence-electron chi connectivity index (χ2n) is 5.23. The molecule has 0 unspecified atom stereocenters. The molecule has 3 rings (SSSR count). The first-order chi connectivity index (χ1) is 12.5. The number of allylic oxidation sites excluding steroid dienone is 2. The third kappa shape index (κ3) is 4.09. The maximum absolute atomic E-state index is 12.6. The average molecular weight is 447 g/mol. The smallest absolute Gasteiger partial charge is 0.268 e. The van der Waals surface area contributed by atoms with Gasteiger partial charge in [0.15, 0.2) is 4.32 Å². The van der Waals surface area contributed by atoms with Crippen molar-refractivity contribution in [3.63, 3.8) is 0 Å². The Hall–Kier alpha value is -2.29. The molecule has 0 bridgehead atoms. The summed E-state index contributed by atoms with van der Waals surface area (Å²) in [6.07, 6.45) is 5.35. The molecule has 0 atom stereocenters. The molecule has 1 aliphatic heterocycles. The Morgan fingerprint density at radius 2 is 1.96 bits per heavy atom. The fraction of sp³-hybridized carbons (Fsp3) is 0. The molecular weight excluding hydrogens is 436 g/mol. The normalized spacial score (nSPS) is 16.0. The molecular formula is C18H11BrN2O3S2. The van der Waals surface area contributed by atoms with Gasteiger partial charge in [-0.3, -0.25) is 19.8 Å². The molecule has 5 nitrogen and oxygen atoms in total. The molecule has 0 spiro atoms. The van der Waals surface area contributed by atoms with Gasteiger partial charge in [-0.25, -0.2) is 0 Å². The minimum absolute atomic E-state index is 0.0879. The first kappa shape index (κ1) is 18.5. The molecule has 1 heterocycles. The van der Waals surface area contributed by atoms with Gasteiger partial charge < -0.3 is 0 Å². The predicted octanol–water partition coefficient (Wildman–Crippen LogP) is 5.32. The van der Waals surface area contributed by atoms with Crippen molar-refractivity contribution in [1.82, 2.24) is 0 Å². The molecule has 0 radical (unpaired) electrons. The largest absolute Gasteiger partial charge is 0.271 e. The highest BCUT2D eigenvalue weighted by Gasteiger charge is 2.33. The Kier molecular flexibility index (Phi) is 5.65. The number of hydrogen-bond acceptors (Lipinski definition) is 5. The molecule has 0 saturated carbocycles. The Labute approximate surface area is 167 Å². The van der Waals surface area contributed by atoms with Crippen LogP contribution in [0.4, 0.5) is 11.4 Å². The molecule has 0 aliphatic carbocycles. The fourth-order valence-corrected chi connectivity index (χ4v) is 3.97. The molecule has 1 aliphatic rings. The van der Waals surface area contributed by atoms with Gasteiger partial charge in [0.2, 0.25) is 0 Å². The summed E-state index contributed by atoms with van der Waals surface area (Å²) in [7, 11) is 0. The number of nitrogens with zero attached hydrogens (tertiary/aromatic N) is 2. The van der Waals surface area contributed by atoms with Crippen molar-refractivity contribution >= 4 is 67.6 Å². The van der Waals surface area contributed by atoms with Crippen LogP contribution in [0, 0.1) is 10.1 Å². The number of non-ortho nitro benzene ring substituents is 1. The number of carbonyl (C=O) groups is 1. The van der Waals surface area contributed by atoms with Gasteiger partial charge in [0.25, 0.3) is 11.6 Å². The number of anilines is 1. The van der Waals surface area contributed by atoms with E-state index >= 15 is 0 Å². The summed E-state index contributed by atoms with van der Waals surface area (Å²) in [6.45, 7) is 0. The number of carbonyl (C=O) groups excluding carboxylic acids is 1. The minimum Gasteiger partial charge on any atom is -0.268 e. The number of rotatable bonds is 4. The van der Waals surface area contributed by atoms with Crippen LogP contribution in [0.1, 0.15) is 5.56 Å². The maximum atomic E-state index is 12.6. The Morgan fingerprint density at radius 3 is 2.69 bits per heavy atom. The topological polar surface area (TPSA) is 63.5 Å². The molecule has 1 amide bonds. The van der Waals surface area contributed by atoms with Gasteiger partial charge >= 0.3 is 0 Å². The summed E-state index contributed by atoms with van der Waals surface area (Å²) >= 11 is 9.85. The molecule has 0 N–H and O–H groups in total. The molecule has 2 aromatic rings. The van der Waals surface area contributed by atoms with E-state index < -0.39 is 4.92 Å². The molecule has 2 aromatic carbocycles. The zero-order valence-electron chi connectivity index (χ0n) is 13.2. The summed E-state index contributed by atoms with van der Waals surface area (Å²) in [4.78, 5) is 24.8. The van der Waals surface area contributed by atoms with Gasteiger partial charge in [-0.1, -0.05) is 70.3 Å². The maximum Gasteiger partial charge on any atom is 0.271 e. The summed E-state index contributed by atoms with van der Waals surface area (Å²) in [5, 5.41) is 10.9. The standard InChI is InChI=1S/C18H11BrN2O3S2/c19-13-6-1-4-12(10-13)5-2-9-16-17(22)20(18(25)26-16)14-7-3-8-15(11-14)21(23)24/h1-11H/b5-2+,16-9+. The number of nitro groups is 1. The van der Waals surface area contributed by atoms with Crippen LogP contribution in [-0.2, 0) is 4.79 Å². The number of benzene rings is 2. The van der Waals surface area contributed by atoms with E-state index in [1.807, 2.05) is 30.3 Å². The molecule has 0 aromatic heterocycles. The summed E-state index contributed by atoms with van der Waals surface area (Å²) in [5.74, 6) is -0.292. The lowest BCUT2D eigenvalue weighted by molar-refractivity contribution is -0.384. The molecule has 26 heavy (non-hydrogen) atoms. The molecule has 8 heteroatoms. The van der Waals surface area contributed by atoms with E-state index in [0.717, 1.165) is 10.0 Å². The summed E-state index contributed by atoms with van der Waals surface area (Å²) < 4.78 is 1.31. The predicted molar refractivity (Wildman–Crippen MR) is 112 cm³/mol. The van der Waals surface area contributed by atoms with Gasteiger partial charge in [0.1, 0.15) is 0 Å². The number of amides is 1. The lowest BCUT2D eigenvalue weighted by atomic mass is 10.2. The third-order valence-corrected chi connectivity index (χ3v) is 5.29. The van der Waals surface area contributed by atoms with Crippen molar-refractivity contribution in [3.8, 4) is 0 Å². The van der Waals surface area contributed by atoms with E-state index in [9.17, 15) is 14.9 Å². The van der Waals surface area contributed by atoms with Crippen molar-refractivity contribution in [1.29, 1.82) is 0 Å². The monoisotopic (exact) mass is 446 g/mol. The van der Waals surface area contributed by atoms with Crippen LogP contribution in [0.5, 0.6) is 0 Å². The van der Waals surface area contributed by atoms with Crippen molar-refractivity contribution in [3.05, 3.63) is 85.7 Å². The number of thiocarbonyl (C=S) groups is 1. The van der Waals surface area contributed by atoms with Crippen LogP contribution >= 0.6 is 39.9 Å². The number of hydrogen-bond donors (Lipinski definition) is 0. The third-order valence-electron chi connectivity index (χ3n) is 3.48. The average Bonchev–Trinajstić information content (AvgIpc) is 2.89. The van der Waals surface area contributed by atoms with Crippen molar-refractivity contribution < 1.29 is 9.72 Å². The number of nitro benzene ring substituents is 1. The first-order valence-electron chi connectivity index (χ1n) is 7.40. The van der Waals surface area contributed by atoms with Crippen molar-refractivity contribution in [2.45, 2.75) is 0 Å². The van der Waals surface area contributed by atoms with Crippen LogP contribution in [0.3, 0.4) is 0 Å². The molecule has 130 valence electrons. The van der Waals surface area contributed by atoms with Gasteiger partial charge in [-0.2, -0.15) is 0 Å². The number of halogens is 1. The Balaban J connectivity index is 1.82. The van der Waals surface area contributed by atoms with E-state index in [1.165, 1.54) is 34.9 Å². The zero-order chi connectivity index (χ0) is 18.7. The SMILES string of the molecule is O=C1/C(=C\C=C\c2cccc(Br)c2)SC(=S)N1c1cccc([N+](=O)[O-])c1. The van der Waals surface area contributed by atoms with Crippen LogP contribution in [0.2, 0.25) is 0 Å². The van der Waals surface area contributed by atoms with E-state index in [4.69, 9.17) is 12.2 Å². The lowest BCUT2D eigenvalue weighted by Crippen LogP contribution is -2.27. The van der Waals surface area contributed by atoms with Gasteiger partial charge in [0, 0.05) is 16.6 Å². The number of thioether (sulfide) groups is 1. The van der Waals surface area contributed by atoms with E-state index in [0.29, 0.717) is 14.9 Å². The molecule has 1 saturated heterocycles. The van der Waals surface area contributed by atoms with Gasteiger partial charge in [0.05, 0.1) is 15.5 Å². The highest BCUT2D eigenvalue weighted by Crippen LogP contribution is 2.36. The minimum atomic E-state index is -0.502. The first-order valence-corrected chi connectivity index (χ1v) is 9.42. The second-order valence-corrected chi connectivity index (χ2v) is 7.82. The quantitative estimate of drug-likeness (QED) is 0.275.